The molecule has 0 heterocycles. The summed E-state index contributed by atoms with van der Waals surface area (Å²) in [6, 6.07) is 8.83. The third kappa shape index (κ3) is 5.03. The van der Waals surface area contributed by atoms with Crippen molar-refractivity contribution in [2.45, 2.75) is 59.3 Å². The van der Waals surface area contributed by atoms with E-state index in [1.165, 1.54) is 11.1 Å². The van der Waals surface area contributed by atoms with E-state index in [1.54, 1.807) is 0 Å². The van der Waals surface area contributed by atoms with Gasteiger partial charge in [-0.2, -0.15) is 0 Å². The third-order valence-electron chi connectivity index (χ3n) is 3.34. The van der Waals surface area contributed by atoms with Crippen molar-refractivity contribution in [3.63, 3.8) is 0 Å². The SMILES string of the molecule is CCCC(=O)CC(C)Cc1ccc(C(C)C)cc1. The Morgan fingerprint density at radius 2 is 1.72 bits per heavy atom. The molecule has 0 amide bonds. The molecule has 0 saturated heterocycles. The predicted octanol–water partition coefficient (Wildman–Crippen LogP) is 4.75. The number of carbonyl (C=O) groups is 1. The number of rotatable bonds is 7. The van der Waals surface area contributed by atoms with Crippen molar-refractivity contribution < 1.29 is 4.79 Å². The summed E-state index contributed by atoms with van der Waals surface area (Å²) in [5.41, 5.74) is 2.73. The normalized spacial score (nSPS) is 12.7. The molecule has 1 rings (SSSR count). The van der Waals surface area contributed by atoms with E-state index in [0.717, 1.165) is 25.7 Å². The van der Waals surface area contributed by atoms with Crippen LogP contribution in [0.15, 0.2) is 24.3 Å². The van der Waals surface area contributed by atoms with E-state index < -0.39 is 0 Å². The van der Waals surface area contributed by atoms with Crippen LogP contribution in [0.5, 0.6) is 0 Å². The fraction of sp³-hybridized carbons (Fsp3) is 0.588. The molecule has 0 saturated carbocycles. The van der Waals surface area contributed by atoms with Crippen LogP contribution in [-0.2, 0) is 11.2 Å². The van der Waals surface area contributed by atoms with E-state index in [1.807, 2.05) is 0 Å². The van der Waals surface area contributed by atoms with Gasteiger partial charge in [0.2, 0.25) is 0 Å². The zero-order valence-electron chi connectivity index (χ0n) is 12.2. The van der Waals surface area contributed by atoms with Crippen molar-refractivity contribution in [1.29, 1.82) is 0 Å². The first-order chi connectivity index (χ1) is 8.52. The molecule has 1 unspecified atom stereocenters. The molecule has 0 aliphatic heterocycles. The molecule has 1 atom stereocenters. The van der Waals surface area contributed by atoms with E-state index in [-0.39, 0.29) is 0 Å². The van der Waals surface area contributed by atoms with Crippen LogP contribution in [0.2, 0.25) is 0 Å². The summed E-state index contributed by atoms with van der Waals surface area (Å²) in [4.78, 5) is 11.6. The summed E-state index contributed by atoms with van der Waals surface area (Å²) in [5, 5.41) is 0. The molecular formula is C17H26O. The topological polar surface area (TPSA) is 17.1 Å². The fourth-order valence-corrected chi connectivity index (χ4v) is 2.28. The molecule has 0 aliphatic rings. The predicted molar refractivity (Wildman–Crippen MR) is 77.9 cm³/mol. The minimum Gasteiger partial charge on any atom is -0.300 e. The van der Waals surface area contributed by atoms with Gasteiger partial charge in [-0.1, -0.05) is 52.0 Å². The summed E-state index contributed by atoms with van der Waals surface area (Å²) in [6.07, 6.45) is 3.43. The molecule has 1 heteroatoms. The molecule has 0 bridgehead atoms. The lowest BCUT2D eigenvalue weighted by Crippen LogP contribution is -2.07. The summed E-state index contributed by atoms with van der Waals surface area (Å²) < 4.78 is 0. The van der Waals surface area contributed by atoms with Crippen LogP contribution in [0.1, 0.15) is 64.0 Å². The van der Waals surface area contributed by atoms with Gasteiger partial charge in [0.1, 0.15) is 5.78 Å². The van der Waals surface area contributed by atoms with Gasteiger partial charge < -0.3 is 0 Å². The van der Waals surface area contributed by atoms with Gasteiger partial charge in [0.15, 0.2) is 0 Å². The molecule has 1 aromatic rings. The second-order valence-corrected chi connectivity index (χ2v) is 5.70. The molecule has 0 radical (unpaired) electrons. The van der Waals surface area contributed by atoms with Gasteiger partial charge in [0.05, 0.1) is 0 Å². The van der Waals surface area contributed by atoms with E-state index in [4.69, 9.17) is 0 Å². The number of hydrogen-bond donors (Lipinski definition) is 0. The van der Waals surface area contributed by atoms with Gasteiger partial charge in [-0.3, -0.25) is 4.79 Å². The van der Waals surface area contributed by atoms with Gasteiger partial charge in [-0.05, 0) is 35.8 Å². The Labute approximate surface area is 112 Å². The highest BCUT2D eigenvalue weighted by molar-refractivity contribution is 5.78. The van der Waals surface area contributed by atoms with Gasteiger partial charge >= 0.3 is 0 Å². The van der Waals surface area contributed by atoms with E-state index in [9.17, 15) is 4.79 Å². The van der Waals surface area contributed by atoms with Crippen LogP contribution in [0, 0.1) is 5.92 Å². The van der Waals surface area contributed by atoms with Gasteiger partial charge in [-0.25, -0.2) is 0 Å². The van der Waals surface area contributed by atoms with Crippen molar-refractivity contribution in [1.82, 2.24) is 0 Å². The number of hydrogen-bond acceptors (Lipinski definition) is 1. The summed E-state index contributed by atoms with van der Waals surface area (Å²) >= 11 is 0. The molecule has 0 spiro atoms. The minimum atomic E-state index is 0.406. The highest BCUT2D eigenvalue weighted by Crippen LogP contribution is 2.18. The number of benzene rings is 1. The Morgan fingerprint density at radius 1 is 1.11 bits per heavy atom. The first kappa shape index (κ1) is 14.9. The van der Waals surface area contributed by atoms with Gasteiger partial charge in [-0.15, -0.1) is 0 Å². The molecule has 0 aromatic heterocycles. The molecule has 0 fully saturated rings. The number of Topliss-reactive ketones (excluding diaryl/α,β-unsaturated/α-hetero) is 1. The van der Waals surface area contributed by atoms with E-state index in [0.29, 0.717) is 17.6 Å². The number of carbonyl (C=O) groups excluding carboxylic acids is 1. The van der Waals surface area contributed by atoms with Crippen molar-refractivity contribution in [3.05, 3.63) is 35.4 Å². The zero-order valence-corrected chi connectivity index (χ0v) is 12.2. The average molecular weight is 246 g/mol. The Morgan fingerprint density at radius 3 is 2.22 bits per heavy atom. The highest BCUT2D eigenvalue weighted by atomic mass is 16.1. The van der Waals surface area contributed by atoms with Crippen LogP contribution in [0.4, 0.5) is 0 Å². The average Bonchev–Trinajstić information content (AvgIpc) is 2.29. The van der Waals surface area contributed by atoms with E-state index >= 15 is 0 Å². The van der Waals surface area contributed by atoms with Gasteiger partial charge in [0, 0.05) is 12.8 Å². The third-order valence-corrected chi connectivity index (χ3v) is 3.34. The Hall–Kier alpha value is -1.11. The zero-order chi connectivity index (χ0) is 13.5. The molecule has 0 N–H and O–H groups in total. The van der Waals surface area contributed by atoms with Crippen LogP contribution >= 0.6 is 0 Å². The molecule has 1 aromatic carbocycles. The fourth-order valence-electron chi connectivity index (χ4n) is 2.28. The minimum absolute atomic E-state index is 0.406. The van der Waals surface area contributed by atoms with Crippen LogP contribution in [0.3, 0.4) is 0 Å². The largest absolute Gasteiger partial charge is 0.300 e. The van der Waals surface area contributed by atoms with Crippen molar-refractivity contribution >= 4 is 5.78 Å². The maximum Gasteiger partial charge on any atom is 0.133 e. The van der Waals surface area contributed by atoms with Crippen molar-refractivity contribution in [3.8, 4) is 0 Å². The second kappa shape index (κ2) is 7.35. The molecule has 100 valence electrons. The lowest BCUT2D eigenvalue weighted by atomic mass is 9.93. The maximum atomic E-state index is 11.6. The Balaban J connectivity index is 2.49. The Kier molecular flexibility index (Phi) is 6.11. The van der Waals surface area contributed by atoms with Crippen molar-refractivity contribution in [2.75, 3.05) is 0 Å². The molecular weight excluding hydrogens is 220 g/mol. The lowest BCUT2D eigenvalue weighted by Gasteiger charge is -2.12. The Bertz CT molecular complexity index is 362. The first-order valence-electron chi connectivity index (χ1n) is 7.13. The quantitative estimate of drug-likeness (QED) is 0.678. The number of ketones is 1. The van der Waals surface area contributed by atoms with Crippen molar-refractivity contribution in [2.24, 2.45) is 5.92 Å². The molecule has 1 nitrogen and oxygen atoms in total. The highest BCUT2D eigenvalue weighted by Gasteiger charge is 2.09. The lowest BCUT2D eigenvalue weighted by molar-refractivity contribution is -0.119. The monoisotopic (exact) mass is 246 g/mol. The maximum absolute atomic E-state index is 11.6. The molecule has 0 aliphatic carbocycles. The molecule has 18 heavy (non-hydrogen) atoms. The standard InChI is InChI=1S/C17H26O/c1-5-6-17(18)12-14(4)11-15-7-9-16(10-8-15)13(2)3/h7-10,13-14H,5-6,11-12H2,1-4H3. The second-order valence-electron chi connectivity index (χ2n) is 5.70. The van der Waals surface area contributed by atoms with Crippen LogP contribution < -0.4 is 0 Å². The van der Waals surface area contributed by atoms with E-state index in [2.05, 4.69) is 52.0 Å². The first-order valence-corrected chi connectivity index (χ1v) is 7.13. The summed E-state index contributed by atoms with van der Waals surface area (Å²) in [7, 11) is 0. The van der Waals surface area contributed by atoms with Crippen LogP contribution in [0.25, 0.3) is 0 Å². The van der Waals surface area contributed by atoms with Crippen LogP contribution in [-0.4, -0.2) is 5.78 Å². The smallest absolute Gasteiger partial charge is 0.133 e. The van der Waals surface area contributed by atoms with Gasteiger partial charge in [0.25, 0.3) is 0 Å². The summed E-state index contributed by atoms with van der Waals surface area (Å²) in [6.45, 7) is 8.65. The summed E-state index contributed by atoms with van der Waals surface area (Å²) in [5.74, 6) is 1.44.